The fourth-order valence-electron chi connectivity index (χ4n) is 4.45. The molecule has 2 N–H and O–H groups in total. The van der Waals surface area contributed by atoms with Crippen LogP contribution in [0, 0.1) is 13.8 Å². The lowest BCUT2D eigenvalue weighted by Crippen LogP contribution is -2.26. The van der Waals surface area contributed by atoms with Crippen LogP contribution in [0.15, 0.2) is 48.5 Å². The van der Waals surface area contributed by atoms with Crippen LogP contribution in [0.25, 0.3) is 10.8 Å². The molecule has 1 saturated carbocycles. The second-order valence-corrected chi connectivity index (χ2v) is 8.95. The van der Waals surface area contributed by atoms with Crippen molar-refractivity contribution < 1.29 is 19.4 Å². The predicted octanol–water partition coefficient (Wildman–Crippen LogP) is 6.07. The van der Waals surface area contributed by atoms with Crippen LogP contribution in [0.5, 0.6) is 17.2 Å². The second kappa shape index (κ2) is 10.6. The largest absolute Gasteiger partial charge is 0.507 e. The normalized spacial score (nSPS) is 14.2. The third kappa shape index (κ3) is 5.78. The van der Waals surface area contributed by atoms with Crippen LogP contribution < -0.4 is 14.8 Å². The van der Waals surface area contributed by atoms with Gasteiger partial charge >= 0.3 is 0 Å². The molecule has 0 saturated heterocycles. The number of fused-ring (bicyclic) bond motifs is 1. The van der Waals surface area contributed by atoms with Gasteiger partial charge in [-0.05, 0) is 75.8 Å². The molecule has 5 heteroatoms. The van der Waals surface area contributed by atoms with Crippen molar-refractivity contribution >= 4 is 16.7 Å². The summed E-state index contributed by atoms with van der Waals surface area (Å²) in [5.41, 5.74) is 2.81. The summed E-state index contributed by atoms with van der Waals surface area (Å²) >= 11 is 0. The molecule has 0 aliphatic heterocycles. The fourth-order valence-corrected chi connectivity index (χ4v) is 4.45. The standard InChI is InChI=1S/C28H33NO4/c1-19-12-13-26(20(2)16-19)32-15-7-14-29-28(31)21-17-24-23(10-6-11-25(24)30)27(18-21)33-22-8-4-3-5-9-22/h6,10-13,16-18,22,30H,3-5,7-9,14-15H2,1-2H3,(H,29,31). The zero-order valence-electron chi connectivity index (χ0n) is 19.5. The number of aromatic hydroxyl groups is 1. The van der Waals surface area contributed by atoms with E-state index in [1.807, 2.05) is 25.1 Å². The molecule has 0 aromatic heterocycles. The van der Waals surface area contributed by atoms with Crippen molar-refractivity contribution in [2.75, 3.05) is 13.2 Å². The quantitative estimate of drug-likeness (QED) is 0.411. The molecule has 0 radical (unpaired) electrons. The van der Waals surface area contributed by atoms with E-state index in [1.54, 1.807) is 24.3 Å². The van der Waals surface area contributed by atoms with Gasteiger partial charge in [-0.1, -0.05) is 36.2 Å². The van der Waals surface area contributed by atoms with Gasteiger partial charge in [-0.3, -0.25) is 4.79 Å². The Bertz CT molecular complexity index is 1120. The highest BCUT2D eigenvalue weighted by molar-refractivity contribution is 6.02. The summed E-state index contributed by atoms with van der Waals surface area (Å²) in [7, 11) is 0. The molecular formula is C28H33NO4. The van der Waals surface area contributed by atoms with Gasteiger partial charge in [0.05, 0.1) is 12.7 Å². The first-order valence-electron chi connectivity index (χ1n) is 11.9. The Hall–Kier alpha value is -3.21. The van der Waals surface area contributed by atoms with E-state index in [2.05, 4.69) is 18.3 Å². The van der Waals surface area contributed by atoms with Crippen molar-refractivity contribution in [3.63, 3.8) is 0 Å². The Balaban J connectivity index is 1.40. The summed E-state index contributed by atoms with van der Waals surface area (Å²) in [5, 5.41) is 14.8. The van der Waals surface area contributed by atoms with Crippen molar-refractivity contribution in [1.82, 2.24) is 5.32 Å². The Morgan fingerprint density at radius 2 is 1.82 bits per heavy atom. The van der Waals surface area contributed by atoms with Gasteiger partial charge in [-0.25, -0.2) is 0 Å². The smallest absolute Gasteiger partial charge is 0.251 e. The van der Waals surface area contributed by atoms with E-state index in [0.29, 0.717) is 36.3 Å². The Kier molecular flexibility index (Phi) is 7.38. The highest BCUT2D eigenvalue weighted by Crippen LogP contribution is 2.35. The molecule has 0 unspecified atom stereocenters. The van der Waals surface area contributed by atoms with E-state index >= 15 is 0 Å². The fraction of sp³-hybridized carbons (Fsp3) is 0.393. The van der Waals surface area contributed by atoms with Gasteiger partial charge in [-0.15, -0.1) is 0 Å². The molecule has 1 fully saturated rings. The zero-order valence-corrected chi connectivity index (χ0v) is 19.5. The third-order valence-corrected chi connectivity index (χ3v) is 6.24. The second-order valence-electron chi connectivity index (χ2n) is 8.95. The van der Waals surface area contributed by atoms with E-state index in [4.69, 9.17) is 9.47 Å². The predicted molar refractivity (Wildman–Crippen MR) is 131 cm³/mol. The van der Waals surface area contributed by atoms with Gasteiger partial charge in [0.25, 0.3) is 5.91 Å². The average molecular weight is 448 g/mol. The van der Waals surface area contributed by atoms with Crippen LogP contribution >= 0.6 is 0 Å². The van der Waals surface area contributed by atoms with Gasteiger partial charge in [0.15, 0.2) is 0 Å². The molecule has 33 heavy (non-hydrogen) atoms. The maximum absolute atomic E-state index is 12.9. The highest BCUT2D eigenvalue weighted by atomic mass is 16.5. The van der Waals surface area contributed by atoms with Gasteiger partial charge in [0, 0.05) is 22.9 Å². The number of amides is 1. The number of phenols is 1. The van der Waals surface area contributed by atoms with E-state index in [1.165, 1.54) is 12.0 Å². The molecule has 4 rings (SSSR count). The summed E-state index contributed by atoms with van der Waals surface area (Å²) in [6.07, 6.45) is 6.48. The summed E-state index contributed by atoms with van der Waals surface area (Å²) in [6, 6.07) is 15.0. The van der Waals surface area contributed by atoms with Crippen molar-refractivity contribution in [3.05, 3.63) is 65.2 Å². The maximum Gasteiger partial charge on any atom is 0.251 e. The lowest BCUT2D eigenvalue weighted by Gasteiger charge is -2.24. The molecule has 0 heterocycles. The Labute approximate surface area is 195 Å². The van der Waals surface area contributed by atoms with Crippen molar-refractivity contribution in [3.8, 4) is 17.2 Å². The molecule has 1 amide bonds. The minimum Gasteiger partial charge on any atom is -0.507 e. The van der Waals surface area contributed by atoms with E-state index < -0.39 is 0 Å². The Morgan fingerprint density at radius 3 is 2.61 bits per heavy atom. The number of carbonyl (C=O) groups excluding carboxylic acids is 1. The lowest BCUT2D eigenvalue weighted by atomic mass is 9.97. The summed E-state index contributed by atoms with van der Waals surface area (Å²) in [6.45, 7) is 5.12. The molecule has 0 spiro atoms. The van der Waals surface area contributed by atoms with Gasteiger partial charge < -0.3 is 19.9 Å². The average Bonchev–Trinajstić information content (AvgIpc) is 2.81. The number of ether oxygens (including phenoxy) is 2. The number of rotatable bonds is 8. The molecule has 1 aliphatic carbocycles. The number of phenolic OH excluding ortho intramolecular Hbond substituents is 1. The number of nitrogens with one attached hydrogen (secondary N) is 1. The van der Waals surface area contributed by atoms with E-state index in [-0.39, 0.29) is 17.8 Å². The third-order valence-electron chi connectivity index (χ3n) is 6.24. The first-order chi connectivity index (χ1) is 16.0. The number of hydrogen-bond acceptors (Lipinski definition) is 4. The summed E-state index contributed by atoms with van der Waals surface area (Å²) in [4.78, 5) is 12.9. The molecule has 5 nitrogen and oxygen atoms in total. The molecular weight excluding hydrogens is 414 g/mol. The number of hydrogen-bond donors (Lipinski definition) is 2. The molecule has 0 atom stereocenters. The van der Waals surface area contributed by atoms with E-state index in [9.17, 15) is 9.90 Å². The summed E-state index contributed by atoms with van der Waals surface area (Å²) < 4.78 is 12.2. The molecule has 1 aliphatic rings. The highest BCUT2D eigenvalue weighted by Gasteiger charge is 2.19. The first kappa shape index (κ1) is 23.0. The van der Waals surface area contributed by atoms with E-state index in [0.717, 1.165) is 42.4 Å². The van der Waals surface area contributed by atoms with Crippen LogP contribution in [0.4, 0.5) is 0 Å². The topological polar surface area (TPSA) is 67.8 Å². The minimum atomic E-state index is -0.180. The molecule has 3 aromatic rings. The molecule has 174 valence electrons. The minimum absolute atomic E-state index is 0.150. The molecule has 3 aromatic carbocycles. The van der Waals surface area contributed by atoms with Gasteiger partial charge in [-0.2, -0.15) is 0 Å². The number of benzene rings is 3. The van der Waals surface area contributed by atoms with Crippen LogP contribution in [0.1, 0.15) is 60.0 Å². The first-order valence-corrected chi connectivity index (χ1v) is 11.9. The summed E-state index contributed by atoms with van der Waals surface area (Å²) in [5.74, 6) is 1.51. The van der Waals surface area contributed by atoms with Crippen LogP contribution in [-0.2, 0) is 0 Å². The zero-order chi connectivity index (χ0) is 23.2. The SMILES string of the molecule is Cc1ccc(OCCCNC(=O)c2cc(OC3CCCCC3)c3cccc(O)c3c2)c(C)c1. The lowest BCUT2D eigenvalue weighted by molar-refractivity contribution is 0.0950. The van der Waals surface area contributed by atoms with Crippen LogP contribution in [0.3, 0.4) is 0 Å². The Morgan fingerprint density at radius 1 is 1.00 bits per heavy atom. The molecule has 0 bridgehead atoms. The van der Waals surface area contributed by atoms with Crippen molar-refractivity contribution in [1.29, 1.82) is 0 Å². The van der Waals surface area contributed by atoms with Crippen LogP contribution in [-0.4, -0.2) is 30.3 Å². The van der Waals surface area contributed by atoms with Gasteiger partial charge in [0.1, 0.15) is 17.2 Å². The number of carbonyl (C=O) groups is 1. The van der Waals surface area contributed by atoms with Crippen LogP contribution in [0.2, 0.25) is 0 Å². The maximum atomic E-state index is 12.9. The van der Waals surface area contributed by atoms with Crippen molar-refractivity contribution in [2.24, 2.45) is 0 Å². The van der Waals surface area contributed by atoms with Gasteiger partial charge in [0.2, 0.25) is 0 Å². The monoisotopic (exact) mass is 447 g/mol. The van der Waals surface area contributed by atoms with Crippen molar-refractivity contribution in [2.45, 2.75) is 58.5 Å². The number of aryl methyl sites for hydroxylation is 2.